The van der Waals surface area contributed by atoms with Gasteiger partial charge < -0.3 is 9.42 Å². The number of carbonyl (C=O) groups excluding carboxylic acids is 1. The third kappa shape index (κ3) is 4.46. The van der Waals surface area contributed by atoms with E-state index in [-0.39, 0.29) is 5.91 Å². The summed E-state index contributed by atoms with van der Waals surface area (Å²) in [5, 5.41) is 3.98. The summed E-state index contributed by atoms with van der Waals surface area (Å²) in [7, 11) is 0. The van der Waals surface area contributed by atoms with E-state index in [0.717, 1.165) is 44.6 Å². The molecule has 3 rings (SSSR count). The molecule has 0 saturated carbocycles. The Bertz CT molecular complexity index is 699. The first kappa shape index (κ1) is 18.5. The van der Waals surface area contributed by atoms with Gasteiger partial charge in [0.1, 0.15) is 0 Å². The van der Waals surface area contributed by atoms with Gasteiger partial charge in [-0.25, -0.2) is 0 Å². The molecule has 7 heteroatoms. The quantitative estimate of drug-likeness (QED) is 0.722. The lowest BCUT2D eigenvalue weighted by Crippen LogP contribution is -2.38. The second kappa shape index (κ2) is 8.89. The zero-order valence-electron chi connectivity index (χ0n) is 15.6. The molecule has 0 aromatic carbocycles. The van der Waals surface area contributed by atoms with E-state index in [1.807, 2.05) is 17.0 Å². The number of hydrogen-bond acceptors (Lipinski definition) is 6. The van der Waals surface area contributed by atoms with Gasteiger partial charge in [0, 0.05) is 49.9 Å². The minimum absolute atomic E-state index is 0.228. The molecule has 1 fully saturated rings. The molecule has 1 amide bonds. The molecule has 140 valence electrons. The second-order valence-electron chi connectivity index (χ2n) is 6.61. The van der Waals surface area contributed by atoms with Crippen LogP contribution in [-0.2, 0) is 11.2 Å². The fourth-order valence-corrected chi connectivity index (χ4v) is 3.52. The van der Waals surface area contributed by atoms with Gasteiger partial charge in [-0.1, -0.05) is 19.0 Å². The molecule has 1 aliphatic rings. The maximum Gasteiger partial charge on any atom is 0.226 e. The van der Waals surface area contributed by atoms with Gasteiger partial charge in [0.2, 0.25) is 17.6 Å². The number of hydrogen-bond donors (Lipinski definition) is 0. The highest BCUT2D eigenvalue weighted by Crippen LogP contribution is 2.18. The lowest BCUT2D eigenvalue weighted by atomic mass is 10.2. The molecule has 0 radical (unpaired) electrons. The third-order valence-electron chi connectivity index (χ3n) is 5.01. The van der Waals surface area contributed by atoms with E-state index in [1.54, 1.807) is 12.4 Å². The van der Waals surface area contributed by atoms with Gasteiger partial charge in [-0.2, -0.15) is 4.98 Å². The van der Waals surface area contributed by atoms with E-state index in [0.29, 0.717) is 30.6 Å². The van der Waals surface area contributed by atoms with Gasteiger partial charge >= 0.3 is 0 Å². The summed E-state index contributed by atoms with van der Waals surface area (Å²) in [5.74, 6) is 1.34. The Labute approximate surface area is 154 Å². The number of carbonyl (C=O) groups is 1. The molecular weight excluding hydrogens is 330 g/mol. The van der Waals surface area contributed by atoms with Crippen molar-refractivity contribution in [3.63, 3.8) is 0 Å². The Morgan fingerprint density at radius 3 is 2.96 bits per heavy atom. The van der Waals surface area contributed by atoms with Crippen LogP contribution in [0.15, 0.2) is 29.0 Å². The van der Waals surface area contributed by atoms with Crippen molar-refractivity contribution in [1.29, 1.82) is 0 Å². The maximum absolute atomic E-state index is 12.4. The molecule has 3 heterocycles. The van der Waals surface area contributed by atoms with E-state index < -0.39 is 0 Å². The van der Waals surface area contributed by atoms with Crippen LogP contribution in [0, 0.1) is 0 Å². The predicted molar refractivity (Wildman–Crippen MR) is 98.4 cm³/mol. The van der Waals surface area contributed by atoms with Crippen molar-refractivity contribution in [2.45, 2.75) is 45.6 Å². The molecule has 1 aliphatic heterocycles. The monoisotopic (exact) mass is 357 g/mol. The zero-order chi connectivity index (χ0) is 18.4. The molecule has 0 aliphatic carbocycles. The average molecular weight is 357 g/mol. The zero-order valence-corrected chi connectivity index (χ0v) is 15.6. The maximum atomic E-state index is 12.4. The Morgan fingerprint density at radius 1 is 1.38 bits per heavy atom. The van der Waals surface area contributed by atoms with Gasteiger partial charge in [0.05, 0.1) is 0 Å². The Morgan fingerprint density at radius 2 is 2.23 bits per heavy atom. The van der Waals surface area contributed by atoms with Crippen LogP contribution >= 0.6 is 0 Å². The van der Waals surface area contributed by atoms with Gasteiger partial charge in [-0.05, 0) is 38.1 Å². The van der Waals surface area contributed by atoms with Gasteiger partial charge in [0.15, 0.2) is 0 Å². The molecule has 1 saturated heterocycles. The molecule has 7 nitrogen and oxygen atoms in total. The molecule has 0 bridgehead atoms. The van der Waals surface area contributed by atoms with Gasteiger partial charge in [0.25, 0.3) is 0 Å². The van der Waals surface area contributed by atoms with Gasteiger partial charge in [-0.3, -0.25) is 14.7 Å². The number of likely N-dealkylation sites (N-methyl/N-ethyl adjacent to an activating group) is 1. The number of aryl methyl sites for hydroxylation is 1. The van der Waals surface area contributed by atoms with Crippen LogP contribution in [0.25, 0.3) is 11.4 Å². The minimum Gasteiger partial charge on any atom is -0.341 e. The highest BCUT2D eigenvalue weighted by atomic mass is 16.5. The van der Waals surface area contributed by atoms with E-state index in [2.05, 4.69) is 33.9 Å². The van der Waals surface area contributed by atoms with E-state index >= 15 is 0 Å². The number of amides is 1. The van der Waals surface area contributed by atoms with Crippen molar-refractivity contribution in [2.24, 2.45) is 0 Å². The van der Waals surface area contributed by atoms with Crippen molar-refractivity contribution < 1.29 is 9.32 Å². The largest absolute Gasteiger partial charge is 0.341 e. The summed E-state index contributed by atoms with van der Waals surface area (Å²) >= 11 is 0. The number of nitrogens with zero attached hydrogens (tertiary/aromatic N) is 5. The van der Waals surface area contributed by atoms with Crippen molar-refractivity contribution in [3.8, 4) is 11.4 Å². The van der Waals surface area contributed by atoms with E-state index in [9.17, 15) is 4.79 Å². The Balaban J connectivity index is 1.44. The molecule has 2 aromatic heterocycles. The van der Waals surface area contributed by atoms with Crippen LogP contribution in [0.3, 0.4) is 0 Å². The SMILES string of the molecule is CCN(CC)C1CCN(C(=O)CCCc2nc(-c3cccnc3)no2)C1. The number of likely N-dealkylation sites (tertiary alicyclic amines) is 1. The Hall–Kier alpha value is -2.28. The lowest BCUT2D eigenvalue weighted by molar-refractivity contribution is -0.130. The predicted octanol–water partition coefficient (Wildman–Crippen LogP) is 2.40. The smallest absolute Gasteiger partial charge is 0.226 e. The second-order valence-corrected chi connectivity index (χ2v) is 6.61. The molecule has 0 spiro atoms. The van der Waals surface area contributed by atoms with Crippen molar-refractivity contribution >= 4 is 5.91 Å². The highest BCUT2D eigenvalue weighted by Gasteiger charge is 2.28. The topological polar surface area (TPSA) is 75.4 Å². The number of aromatic nitrogens is 3. The fourth-order valence-electron chi connectivity index (χ4n) is 3.52. The molecule has 1 unspecified atom stereocenters. The van der Waals surface area contributed by atoms with Crippen LogP contribution in [-0.4, -0.2) is 63.1 Å². The van der Waals surface area contributed by atoms with Crippen LogP contribution < -0.4 is 0 Å². The molecule has 26 heavy (non-hydrogen) atoms. The normalized spacial score (nSPS) is 17.2. The first-order chi connectivity index (χ1) is 12.7. The lowest BCUT2D eigenvalue weighted by Gasteiger charge is -2.26. The summed E-state index contributed by atoms with van der Waals surface area (Å²) in [5.41, 5.74) is 0.832. The fraction of sp³-hybridized carbons (Fsp3) is 0.579. The molecule has 1 atom stereocenters. The number of pyridine rings is 1. The summed E-state index contributed by atoms with van der Waals surface area (Å²) in [6, 6.07) is 4.24. The third-order valence-corrected chi connectivity index (χ3v) is 5.01. The minimum atomic E-state index is 0.228. The van der Waals surface area contributed by atoms with E-state index in [4.69, 9.17) is 4.52 Å². The number of rotatable bonds is 8. The van der Waals surface area contributed by atoms with Crippen LogP contribution in [0.4, 0.5) is 0 Å². The average Bonchev–Trinajstić information content (AvgIpc) is 3.34. The summed E-state index contributed by atoms with van der Waals surface area (Å²) in [6.45, 7) is 8.16. The van der Waals surface area contributed by atoms with Crippen molar-refractivity contribution in [1.82, 2.24) is 24.9 Å². The summed E-state index contributed by atoms with van der Waals surface area (Å²) < 4.78 is 5.28. The summed E-state index contributed by atoms with van der Waals surface area (Å²) in [6.07, 6.45) is 6.35. The standard InChI is InChI=1S/C19H27N5O2/c1-3-23(4-2)16-10-12-24(14-16)18(25)9-5-8-17-21-19(22-26-17)15-7-6-11-20-13-15/h6-7,11,13,16H,3-5,8-10,12,14H2,1-2H3. The highest BCUT2D eigenvalue weighted by molar-refractivity contribution is 5.76. The van der Waals surface area contributed by atoms with Crippen molar-refractivity contribution in [3.05, 3.63) is 30.4 Å². The van der Waals surface area contributed by atoms with E-state index in [1.165, 1.54) is 0 Å². The first-order valence-electron chi connectivity index (χ1n) is 9.46. The van der Waals surface area contributed by atoms with Gasteiger partial charge in [-0.15, -0.1) is 0 Å². The van der Waals surface area contributed by atoms with Crippen LogP contribution in [0.2, 0.25) is 0 Å². The first-order valence-corrected chi connectivity index (χ1v) is 9.46. The molecule has 0 N–H and O–H groups in total. The molecular formula is C19H27N5O2. The van der Waals surface area contributed by atoms with Crippen molar-refractivity contribution in [2.75, 3.05) is 26.2 Å². The molecule has 2 aromatic rings. The van der Waals surface area contributed by atoms with Crippen LogP contribution in [0.1, 0.15) is 39.0 Å². The van der Waals surface area contributed by atoms with Crippen LogP contribution in [0.5, 0.6) is 0 Å². The summed E-state index contributed by atoms with van der Waals surface area (Å²) in [4.78, 5) is 25.3. The Kier molecular flexibility index (Phi) is 6.33.